The van der Waals surface area contributed by atoms with E-state index in [0.717, 1.165) is 18.5 Å². The number of pyridine rings is 1. The summed E-state index contributed by atoms with van der Waals surface area (Å²) in [6.07, 6.45) is 6.98. The Morgan fingerprint density at radius 2 is 1.82 bits per heavy atom. The number of nitrogens with two attached hydrogens (primary N) is 1. The second-order valence-electron chi connectivity index (χ2n) is 10.7. The van der Waals surface area contributed by atoms with Gasteiger partial charge in [-0.15, -0.1) is 0 Å². The molecule has 4 aromatic rings. The molecule has 0 spiro atoms. The highest BCUT2D eigenvalue weighted by Gasteiger charge is 2.35. The van der Waals surface area contributed by atoms with Gasteiger partial charge in [0.1, 0.15) is 11.6 Å². The normalized spacial score (nSPS) is 22.9. The molecule has 1 saturated carbocycles. The summed E-state index contributed by atoms with van der Waals surface area (Å²) in [5.74, 6) is -1.23. The largest absolute Gasteiger partial charge is 0.391 e. The second-order valence-corrected chi connectivity index (χ2v) is 10.7. The minimum absolute atomic E-state index is 0.0168. The molecule has 11 heteroatoms. The molecule has 5 N–H and O–H groups in total. The number of aromatic nitrogens is 4. The van der Waals surface area contributed by atoms with Gasteiger partial charge in [-0.05, 0) is 48.7 Å². The fourth-order valence-corrected chi connectivity index (χ4v) is 5.83. The lowest BCUT2D eigenvalue weighted by Crippen LogP contribution is -2.55. The first-order chi connectivity index (χ1) is 18.7. The lowest BCUT2D eigenvalue weighted by molar-refractivity contribution is 0.0438. The van der Waals surface area contributed by atoms with Gasteiger partial charge < -0.3 is 26.2 Å². The Labute approximate surface area is 224 Å². The van der Waals surface area contributed by atoms with Crippen molar-refractivity contribution in [1.29, 1.82) is 0 Å². The van der Waals surface area contributed by atoms with Gasteiger partial charge in [0, 0.05) is 31.2 Å². The molecule has 0 radical (unpaired) electrons. The van der Waals surface area contributed by atoms with Gasteiger partial charge in [-0.3, -0.25) is 4.98 Å². The van der Waals surface area contributed by atoms with Crippen molar-refractivity contribution >= 4 is 22.8 Å². The highest BCUT2D eigenvalue weighted by Crippen LogP contribution is 2.40. The molecule has 3 atom stereocenters. The van der Waals surface area contributed by atoms with Gasteiger partial charge in [-0.25, -0.2) is 13.8 Å². The molecule has 1 aromatic carbocycles. The van der Waals surface area contributed by atoms with Crippen molar-refractivity contribution < 1.29 is 19.0 Å². The van der Waals surface area contributed by atoms with Crippen LogP contribution in [0.3, 0.4) is 0 Å². The second kappa shape index (κ2) is 9.82. The monoisotopic (exact) mass is 535 g/mol. The number of aliphatic hydroxyl groups excluding tert-OH is 1. The SMILES string of the molecule is CC1CN(c2ccncc2Nc2ncc3ccc(-c4c(F)cc(C5(O)CCCC5)cc4F)nn23)CC(N)C1O. The number of nitrogens with one attached hydrogen (secondary N) is 1. The molecule has 6 rings (SSSR count). The molecule has 1 saturated heterocycles. The zero-order valence-corrected chi connectivity index (χ0v) is 21.6. The van der Waals surface area contributed by atoms with E-state index in [-0.39, 0.29) is 22.7 Å². The van der Waals surface area contributed by atoms with Crippen LogP contribution >= 0.6 is 0 Å². The van der Waals surface area contributed by atoms with Crippen LogP contribution in [-0.4, -0.2) is 55.0 Å². The molecule has 1 aliphatic carbocycles. The topological polar surface area (TPSA) is 125 Å². The minimum atomic E-state index is -1.20. The van der Waals surface area contributed by atoms with Gasteiger partial charge in [0.25, 0.3) is 0 Å². The number of fused-ring (bicyclic) bond motifs is 1. The van der Waals surface area contributed by atoms with E-state index in [2.05, 4.69) is 25.3 Å². The number of anilines is 3. The van der Waals surface area contributed by atoms with E-state index < -0.39 is 29.4 Å². The number of benzene rings is 1. The predicted molar refractivity (Wildman–Crippen MR) is 144 cm³/mol. The van der Waals surface area contributed by atoms with Crippen molar-refractivity contribution in [3.63, 3.8) is 0 Å². The number of piperidine rings is 1. The van der Waals surface area contributed by atoms with Crippen molar-refractivity contribution in [2.45, 2.75) is 50.4 Å². The van der Waals surface area contributed by atoms with Gasteiger partial charge in [-0.2, -0.15) is 9.61 Å². The Kier molecular flexibility index (Phi) is 6.44. The molecule has 2 fully saturated rings. The quantitative estimate of drug-likeness (QED) is 0.305. The number of imidazole rings is 1. The number of rotatable bonds is 5. The molecule has 9 nitrogen and oxygen atoms in total. The molecule has 1 aliphatic heterocycles. The third kappa shape index (κ3) is 4.60. The summed E-state index contributed by atoms with van der Waals surface area (Å²) < 4.78 is 32.0. The van der Waals surface area contributed by atoms with Crippen molar-refractivity contribution in [1.82, 2.24) is 19.6 Å². The Morgan fingerprint density at radius 3 is 2.54 bits per heavy atom. The van der Waals surface area contributed by atoms with E-state index in [1.54, 1.807) is 30.7 Å². The standard InChI is InChI=1S/C28H31F2N7O2/c1-16-14-36(15-21(31)26(16)38)24-6-9-32-13-23(24)34-27-33-12-18-4-5-22(35-37(18)27)25-19(29)10-17(11-20(25)30)28(39)7-2-3-8-28/h4-6,9-13,16,21,26,38-39H,2-3,7-8,14-15,31H2,1H3,(H,33,34). The number of aliphatic hydroxyl groups is 2. The van der Waals surface area contributed by atoms with Crippen LogP contribution in [0.5, 0.6) is 0 Å². The van der Waals surface area contributed by atoms with Gasteiger partial charge in [0.15, 0.2) is 0 Å². The summed E-state index contributed by atoms with van der Waals surface area (Å²) in [5, 5.41) is 28.9. The predicted octanol–water partition coefficient (Wildman–Crippen LogP) is 3.72. The Hall–Kier alpha value is -3.67. The lowest BCUT2D eigenvalue weighted by Gasteiger charge is -2.40. The molecular weight excluding hydrogens is 504 g/mol. The zero-order valence-electron chi connectivity index (χ0n) is 21.6. The molecule has 3 unspecified atom stereocenters. The van der Waals surface area contributed by atoms with E-state index in [0.29, 0.717) is 43.1 Å². The summed E-state index contributed by atoms with van der Waals surface area (Å²) in [7, 11) is 0. The Morgan fingerprint density at radius 1 is 1.08 bits per heavy atom. The van der Waals surface area contributed by atoms with E-state index in [1.807, 2.05) is 13.0 Å². The molecule has 204 valence electrons. The maximum Gasteiger partial charge on any atom is 0.229 e. The molecule has 3 aromatic heterocycles. The summed E-state index contributed by atoms with van der Waals surface area (Å²) in [6, 6.07) is 7.13. The van der Waals surface area contributed by atoms with Gasteiger partial charge >= 0.3 is 0 Å². The van der Waals surface area contributed by atoms with Crippen LogP contribution in [0.2, 0.25) is 0 Å². The van der Waals surface area contributed by atoms with Crippen LogP contribution < -0.4 is 16.0 Å². The summed E-state index contributed by atoms with van der Waals surface area (Å²) in [6.45, 7) is 3.04. The maximum atomic E-state index is 15.3. The fourth-order valence-electron chi connectivity index (χ4n) is 5.83. The molecule has 4 heterocycles. The molecule has 2 aliphatic rings. The van der Waals surface area contributed by atoms with Crippen molar-refractivity contribution in [2.24, 2.45) is 11.7 Å². The van der Waals surface area contributed by atoms with Gasteiger partial charge in [0.2, 0.25) is 5.95 Å². The Bertz CT molecular complexity index is 1490. The van der Waals surface area contributed by atoms with E-state index in [1.165, 1.54) is 16.6 Å². The summed E-state index contributed by atoms with van der Waals surface area (Å²) in [5.41, 5.74) is 7.18. The average molecular weight is 536 g/mol. The van der Waals surface area contributed by atoms with Crippen LogP contribution in [0, 0.1) is 17.6 Å². The van der Waals surface area contributed by atoms with Crippen molar-refractivity contribution in [3.05, 3.63) is 66.1 Å². The fraction of sp³-hybridized carbons (Fsp3) is 0.393. The summed E-state index contributed by atoms with van der Waals surface area (Å²) >= 11 is 0. The minimum Gasteiger partial charge on any atom is -0.391 e. The van der Waals surface area contributed by atoms with Crippen LogP contribution in [-0.2, 0) is 5.60 Å². The van der Waals surface area contributed by atoms with Crippen LogP contribution in [0.25, 0.3) is 16.8 Å². The van der Waals surface area contributed by atoms with Crippen LogP contribution in [0.1, 0.15) is 38.2 Å². The third-order valence-electron chi connectivity index (χ3n) is 8.00. The number of hydrogen-bond donors (Lipinski definition) is 4. The third-order valence-corrected chi connectivity index (χ3v) is 8.00. The first kappa shape index (κ1) is 25.6. The van der Waals surface area contributed by atoms with E-state index in [9.17, 15) is 10.2 Å². The van der Waals surface area contributed by atoms with Crippen LogP contribution in [0.4, 0.5) is 26.1 Å². The van der Waals surface area contributed by atoms with Crippen LogP contribution in [0.15, 0.2) is 48.9 Å². The molecule has 39 heavy (non-hydrogen) atoms. The number of hydrogen-bond acceptors (Lipinski definition) is 8. The first-order valence-electron chi connectivity index (χ1n) is 13.2. The Balaban J connectivity index is 1.33. The molecule has 0 amide bonds. The smallest absolute Gasteiger partial charge is 0.229 e. The molecule has 0 bridgehead atoms. The molecular formula is C28H31F2N7O2. The summed E-state index contributed by atoms with van der Waals surface area (Å²) in [4.78, 5) is 10.8. The van der Waals surface area contributed by atoms with Crippen molar-refractivity contribution in [2.75, 3.05) is 23.3 Å². The first-order valence-corrected chi connectivity index (χ1v) is 13.2. The van der Waals surface area contributed by atoms with Gasteiger partial charge in [0.05, 0.1) is 52.2 Å². The van der Waals surface area contributed by atoms with Crippen molar-refractivity contribution in [3.8, 4) is 11.3 Å². The number of nitrogens with zero attached hydrogens (tertiary/aromatic N) is 5. The lowest BCUT2D eigenvalue weighted by atomic mass is 9.90. The highest BCUT2D eigenvalue weighted by molar-refractivity contribution is 5.74. The number of halogens is 2. The highest BCUT2D eigenvalue weighted by atomic mass is 19.1. The van der Waals surface area contributed by atoms with Gasteiger partial charge in [-0.1, -0.05) is 19.8 Å². The van der Waals surface area contributed by atoms with E-state index >= 15 is 8.78 Å². The zero-order chi connectivity index (χ0) is 27.3. The average Bonchev–Trinajstić information content (AvgIpc) is 3.54. The maximum absolute atomic E-state index is 15.3. The van der Waals surface area contributed by atoms with E-state index in [4.69, 9.17) is 5.73 Å².